The second-order valence-electron chi connectivity index (χ2n) is 4.64. The molecular formula is C14H21NO5S. The quantitative estimate of drug-likeness (QED) is 0.583. The number of carbonyl (C=O) groups is 1. The van der Waals surface area contributed by atoms with Crippen LogP contribution in [0.2, 0.25) is 0 Å². The summed E-state index contributed by atoms with van der Waals surface area (Å²) in [5, 5.41) is 5.16. The number of hydrogen-bond donors (Lipinski definition) is 1. The van der Waals surface area contributed by atoms with Gasteiger partial charge in [-0.15, -0.1) is 0 Å². The van der Waals surface area contributed by atoms with Crippen LogP contribution in [-0.2, 0) is 26.1 Å². The Morgan fingerprint density at radius 2 is 2.00 bits per heavy atom. The van der Waals surface area contributed by atoms with Crippen molar-refractivity contribution in [1.29, 1.82) is 0 Å². The topological polar surface area (TPSA) is 95.7 Å². The van der Waals surface area contributed by atoms with Crippen LogP contribution < -0.4 is 5.14 Å². The van der Waals surface area contributed by atoms with Crippen molar-refractivity contribution >= 4 is 16.0 Å². The Bertz CT molecular complexity index is 583. The number of ether oxygens (including phenoxy) is 2. The predicted molar refractivity (Wildman–Crippen MR) is 78.3 cm³/mol. The first-order valence-electron chi connectivity index (χ1n) is 6.72. The Hall–Kier alpha value is -1.44. The van der Waals surface area contributed by atoms with E-state index in [4.69, 9.17) is 14.6 Å². The molecule has 0 aliphatic carbocycles. The van der Waals surface area contributed by atoms with Crippen molar-refractivity contribution in [2.24, 2.45) is 5.14 Å². The fourth-order valence-electron chi connectivity index (χ4n) is 1.82. The van der Waals surface area contributed by atoms with Gasteiger partial charge in [0.15, 0.2) is 0 Å². The number of rotatable bonds is 8. The summed E-state index contributed by atoms with van der Waals surface area (Å²) in [7, 11) is -2.48. The van der Waals surface area contributed by atoms with Gasteiger partial charge in [0.2, 0.25) is 10.0 Å². The molecule has 1 aromatic carbocycles. The highest BCUT2D eigenvalue weighted by Crippen LogP contribution is 2.18. The number of primary sulfonamides is 1. The molecule has 0 aliphatic rings. The number of methoxy groups -OCH3 is 1. The molecule has 0 aromatic heterocycles. The van der Waals surface area contributed by atoms with E-state index >= 15 is 0 Å². The summed E-state index contributed by atoms with van der Waals surface area (Å²) in [5.41, 5.74) is 0.568. The Labute approximate surface area is 125 Å². The molecule has 7 heteroatoms. The molecule has 2 N–H and O–H groups in total. The number of esters is 1. The van der Waals surface area contributed by atoms with Crippen molar-refractivity contribution in [3.05, 3.63) is 29.3 Å². The Balaban J connectivity index is 2.92. The highest BCUT2D eigenvalue weighted by molar-refractivity contribution is 7.89. The van der Waals surface area contributed by atoms with Crippen LogP contribution in [0.3, 0.4) is 0 Å². The van der Waals surface area contributed by atoms with E-state index in [0.717, 1.165) is 19.3 Å². The second-order valence-corrected chi connectivity index (χ2v) is 6.17. The summed E-state index contributed by atoms with van der Waals surface area (Å²) >= 11 is 0. The third-order valence-electron chi connectivity index (χ3n) is 2.89. The lowest BCUT2D eigenvalue weighted by molar-refractivity contribution is 0.0497. The lowest BCUT2D eigenvalue weighted by atomic mass is 10.1. The molecule has 0 bridgehead atoms. The fourth-order valence-corrected chi connectivity index (χ4v) is 2.61. The van der Waals surface area contributed by atoms with Crippen LogP contribution in [0.1, 0.15) is 42.1 Å². The van der Waals surface area contributed by atoms with Crippen LogP contribution in [0, 0.1) is 0 Å². The molecular weight excluding hydrogens is 294 g/mol. The molecule has 0 saturated heterocycles. The number of nitrogens with two attached hydrogens (primary N) is 1. The maximum absolute atomic E-state index is 11.9. The van der Waals surface area contributed by atoms with E-state index < -0.39 is 16.0 Å². The van der Waals surface area contributed by atoms with Crippen LogP contribution in [0.25, 0.3) is 0 Å². The van der Waals surface area contributed by atoms with Crippen molar-refractivity contribution in [1.82, 2.24) is 0 Å². The molecule has 0 heterocycles. The van der Waals surface area contributed by atoms with Gasteiger partial charge < -0.3 is 9.47 Å². The summed E-state index contributed by atoms with van der Waals surface area (Å²) in [5.74, 6) is -0.556. The average Bonchev–Trinajstić information content (AvgIpc) is 2.43. The number of carbonyl (C=O) groups excluding carboxylic acids is 1. The highest BCUT2D eigenvalue weighted by Gasteiger charge is 2.17. The SMILES string of the molecule is CCCCCOC(=O)c1ccc(COC)c(S(N)(=O)=O)c1. The van der Waals surface area contributed by atoms with Crippen LogP contribution in [-0.4, -0.2) is 28.1 Å². The van der Waals surface area contributed by atoms with Crippen LogP contribution in [0.15, 0.2) is 23.1 Å². The van der Waals surface area contributed by atoms with Gasteiger partial charge in [-0.1, -0.05) is 25.8 Å². The Morgan fingerprint density at radius 1 is 1.29 bits per heavy atom. The molecule has 0 atom stereocenters. The van der Waals surface area contributed by atoms with E-state index in [9.17, 15) is 13.2 Å². The lowest BCUT2D eigenvalue weighted by Crippen LogP contribution is -2.16. The van der Waals surface area contributed by atoms with Gasteiger partial charge in [0.25, 0.3) is 0 Å². The predicted octanol–water partition coefficient (Wildman–Crippen LogP) is 1.83. The Morgan fingerprint density at radius 3 is 2.57 bits per heavy atom. The van der Waals surface area contributed by atoms with Crippen molar-refractivity contribution in [2.75, 3.05) is 13.7 Å². The van der Waals surface area contributed by atoms with Crippen molar-refractivity contribution in [3.63, 3.8) is 0 Å². The highest BCUT2D eigenvalue weighted by atomic mass is 32.2. The van der Waals surface area contributed by atoms with Gasteiger partial charge in [-0.2, -0.15) is 0 Å². The van der Waals surface area contributed by atoms with E-state index in [1.165, 1.54) is 25.3 Å². The minimum absolute atomic E-state index is 0.0948. The van der Waals surface area contributed by atoms with E-state index in [0.29, 0.717) is 12.2 Å². The normalized spacial score (nSPS) is 11.4. The fraction of sp³-hybridized carbons (Fsp3) is 0.500. The van der Waals surface area contributed by atoms with Gasteiger partial charge >= 0.3 is 5.97 Å². The van der Waals surface area contributed by atoms with E-state index in [-0.39, 0.29) is 17.1 Å². The molecule has 0 amide bonds. The average molecular weight is 315 g/mol. The van der Waals surface area contributed by atoms with Crippen LogP contribution in [0.5, 0.6) is 0 Å². The van der Waals surface area contributed by atoms with Gasteiger partial charge in [-0.05, 0) is 24.1 Å². The molecule has 0 spiro atoms. The maximum Gasteiger partial charge on any atom is 0.338 e. The first-order chi connectivity index (χ1) is 9.90. The summed E-state index contributed by atoms with van der Waals surface area (Å²) in [6, 6.07) is 4.24. The van der Waals surface area contributed by atoms with Gasteiger partial charge in [-0.25, -0.2) is 18.4 Å². The zero-order valence-electron chi connectivity index (χ0n) is 12.3. The summed E-state index contributed by atoms with van der Waals surface area (Å²) in [4.78, 5) is 11.7. The smallest absolute Gasteiger partial charge is 0.338 e. The second kappa shape index (κ2) is 8.11. The molecule has 21 heavy (non-hydrogen) atoms. The third-order valence-corrected chi connectivity index (χ3v) is 3.88. The number of benzene rings is 1. The standard InChI is InChI=1S/C14H21NO5S/c1-3-4-5-8-20-14(16)11-6-7-12(10-19-2)13(9-11)21(15,17)18/h6-7,9H,3-5,8,10H2,1-2H3,(H2,15,17,18). The summed E-state index contributed by atoms with van der Waals surface area (Å²) < 4.78 is 33.2. The minimum Gasteiger partial charge on any atom is -0.462 e. The van der Waals surface area contributed by atoms with E-state index in [1.807, 2.05) is 0 Å². The third kappa shape index (κ3) is 5.45. The molecule has 0 unspecified atom stereocenters. The number of unbranched alkanes of at least 4 members (excludes halogenated alkanes) is 2. The largest absolute Gasteiger partial charge is 0.462 e. The lowest BCUT2D eigenvalue weighted by Gasteiger charge is -2.10. The minimum atomic E-state index is -3.93. The molecule has 0 saturated carbocycles. The van der Waals surface area contributed by atoms with Gasteiger partial charge in [0, 0.05) is 7.11 Å². The van der Waals surface area contributed by atoms with Crippen LogP contribution >= 0.6 is 0 Å². The van der Waals surface area contributed by atoms with E-state index in [1.54, 1.807) is 0 Å². The molecule has 1 aromatic rings. The summed E-state index contributed by atoms with van der Waals surface area (Å²) in [6.45, 7) is 2.46. The first-order valence-corrected chi connectivity index (χ1v) is 8.26. The first kappa shape index (κ1) is 17.6. The summed E-state index contributed by atoms with van der Waals surface area (Å²) in [6.07, 6.45) is 2.79. The number of sulfonamides is 1. The van der Waals surface area contributed by atoms with Gasteiger partial charge in [0.1, 0.15) is 0 Å². The molecule has 1 rings (SSSR count). The van der Waals surface area contributed by atoms with Gasteiger partial charge in [-0.3, -0.25) is 0 Å². The van der Waals surface area contributed by atoms with Crippen LogP contribution in [0.4, 0.5) is 0 Å². The molecule has 0 aliphatic heterocycles. The number of hydrogen-bond acceptors (Lipinski definition) is 5. The zero-order chi connectivity index (χ0) is 15.9. The zero-order valence-corrected chi connectivity index (χ0v) is 13.1. The molecule has 6 nitrogen and oxygen atoms in total. The van der Waals surface area contributed by atoms with Crippen molar-refractivity contribution in [3.8, 4) is 0 Å². The molecule has 0 fully saturated rings. The van der Waals surface area contributed by atoms with Crippen molar-refractivity contribution < 1.29 is 22.7 Å². The molecule has 0 radical (unpaired) electrons. The van der Waals surface area contributed by atoms with E-state index in [2.05, 4.69) is 6.92 Å². The maximum atomic E-state index is 11.9. The van der Waals surface area contributed by atoms with Crippen molar-refractivity contribution in [2.45, 2.75) is 37.7 Å². The molecule has 118 valence electrons. The monoisotopic (exact) mass is 315 g/mol. The van der Waals surface area contributed by atoms with Gasteiger partial charge in [0.05, 0.1) is 23.7 Å². The Kier molecular flexibility index (Phi) is 6.80.